The first kappa shape index (κ1) is 8.78. The third-order valence-electron chi connectivity index (χ3n) is 3.21. The van der Waals surface area contributed by atoms with Gasteiger partial charge in [-0.3, -0.25) is 0 Å². The van der Waals surface area contributed by atoms with E-state index in [1.165, 1.54) is 22.9 Å². The first-order valence-corrected chi connectivity index (χ1v) is 5.58. The van der Waals surface area contributed by atoms with Crippen LogP contribution in [0, 0.1) is 5.92 Å². The van der Waals surface area contributed by atoms with Gasteiger partial charge >= 0.3 is 0 Å². The number of nitrogens with one attached hydrogen (secondary N) is 1. The number of benzene rings is 2. The minimum atomic E-state index is 0.700. The Hall–Kier alpha value is -1.50. The third-order valence-corrected chi connectivity index (χ3v) is 3.21. The second kappa shape index (κ2) is 3.27. The zero-order valence-electron chi connectivity index (χ0n) is 8.90. The van der Waals surface area contributed by atoms with Crippen LogP contribution in [0.4, 0.5) is 5.69 Å². The van der Waals surface area contributed by atoms with E-state index in [2.05, 4.69) is 54.7 Å². The molecule has 2 aromatic rings. The van der Waals surface area contributed by atoms with Crippen LogP contribution < -0.4 is 5.32 Å². The maximum atomic E-state index is 3.56. The smallest absolute Gasteiger partial charge is 0.0348 e. The molecule has 3 rings (SSSR count). The van der Waals surface area contributed by atoms with Crippen molar-refractivity contribution in [3.63, 3.8) is 0 Å². The summed E-state index contributed by atoms with van der Waals surface area (Å²) in [4.78, 5) is 0. The quantitative estimate of drug-likeness (QED) is 0.774. The van der Waals surface area contributed by atoms with Gasteiger partial charge < -0.3 is 5.32 Å². The zero-order valence-corrected chi connectivity index (χ0v) is 8.90. The molecule has 0 saturated heterocycles. The molecule has 0 radical (unpaired) electrons. The predicted octanol–water partition coefficient (Wildman–Crippen LogP) is 3.66. The van der Waals surface area contributed by atoms with Crippen molar-refractivity contribution < 1.29 is 0 Å². The second-order valence-corrected chi connectivity index (χ2v) is 4.53. The molecule has 0 bridgehead atoms. The molecule has 1 nitrogen and oxygen atoms in total. The van der Waals surface area contributed by atoms with Gasteiger partial charge in [-0.05, 0) is 35.2 Å². The van der Waals surface area contributed by atoms with Crippen molar-refractivity contribution in [2.45, 2.75) is 19.4 Å². The molecule has 0 amide bonds. The van der Waals surface area contributed by atoms with Crippen LogP contribution in [-0.2, 0) is 0 Å². The van der Waals surface area contributed by atoms with Crippen LogP contribution in [0.1, 0.15) is 13.3 Å². The van der Waals surface area contributed by atoms with Crippen molar-refractivity contribution in [2.75, 3.05) is 5.32 Å². The van der Waals surface area contributed by atoms with Crippen LogP contribution in [0.25, 0.3) is 10.8 Å². The van der Waals surface area contributed by atoms with E-state index in [-0.39, 0.29) is 0 Å². The molecule has 1 saturated carbocycles. The van der Waals surface area contributed by atoms with Crippen LogP contribution in [0.3, 0.4) is 0 Å². The highest BCUT2D eigenvalue weighted by Crippen LogP contribution is 2.33. The van der Waals surface area contributed by atoms with Crippen LogP contribution in [0.5, 0.6) is 0 Å². The summed E-state index contributed by atoms with van der Waals surface area (Å²) in [6, 6.07) is 15.8. The fourth-order valence-corrected chi connectivity index (χ4v) is 2.02. The van der Waals surface area contributed by atoms with E-state index in [1.807, 2.05) is 0 Å². The first-order valence-electron chi connectivity index (χ1n) is 5.58. The topological polar surface area (TPSA) is 12.0 Å². The Labute approximate surface area is 90.1 Å². The molecule has 1 N–H and O–H groups in total. The van der Waals surface area contributed by atoms with Crippen molar-refractivity contribution in [2.24, 2.45) is 5.92 Å². The van der Waals surface area contributed by atoms with Crippen LogP contribution in [0.2, 0.25) is 0 Å². The Bertz CT molecular complexity index is 489. The summed E-state index contributed by atoms with van der Waals surface area (Å²) < 4.78 is 0. The summed E-state index contributed by atoms with van der Waals surface area (Å²) >= 11 is 0. The monoisotopic (exact) mass is 197 g/mol. The summed E-state index contributed by atoms with van der Waals surface area (Å²) in [5, 5.41) is 6.19. The molecule has 1 fully saturated rings. The maximum absolute atomic E-state index is 3.56. The van der Waals surface area contributed by atoms with Gasteiger partial charge in [-0.25, -0.2) is 0 Å². The molecule has 2 atom stereocenters. The van der Waals surface area contributed by atoms with E-state index in [4.69, 9.17) is 0 Å². The number of anilines is 1. The molecular formula is C14H15N. The highest BCUT2D eigenvalue weighted by Gasteiger charge is 2.32. The fraction of sp³-hybridized carbons (Fsp3) is 0.286. The largest absolute Gasteiger partial charge is 0.382 e. The SMILES string of the molecule is CC1CC1Nc1ccc2ccccc2c1. The van der Waals surface area contributed by atoms with Crippen molar-refractivity contribution in [3.8, 4) is 0 Å². The molecule has 15 heavy (non-hydrogen) atoms. The molecule has 1 heteroatoms. The standard InChI is InChI=1S/C14H15N/c1-10-8-14(10)15-13-7-6-11-4-2-3-5-12(11)9-13/h2-7,9-10,14-15H,8H2,1H3. The Kier molecular flexibility index (Phi) is 1.91. The molecule has 0 aromatic heterocycles. The second-order valence-electron chi connectivity index (χ2n) is 4.53. The molecule has 1 aliphatic rings. The highest BCUT2D eigenvalue weighted by molar-refractivity contribution is 5.85. The van der Waals surface area contributed by atoms with Gasteiger partial charge in [0.2, 0.25) is 0 Å². The van der Waals surface area contributed by atoms with Gasteiger partial charge in [0.25, 0.3) is 0 Å². The van der Waals surface area contributed by atoms with Crippen molar-refractivity contribution in [3.05, 3.63) is 42.5 Å². The third kappa shape index (κ3) is 1.70. The molecular weight excluding hydrogens is 182 g/mol. The van der Waals surface area contributed by atoms with Gasteiger partial charge in [0.05, 0.1) is 0 Å². The Morgan fingerprint density at radius 3 is 2.53 bits per heavy atom. The molecule has 0 heterocycles. The van der Waals surface area contributed by atoms with E-state index in [1.54, 1.807) is 0 Å². The summed E-state index contributed by atoms with van der Waals surface area (Å²) in [5.41, 5.74) is 1.25. The predicted molar refractivity (Wildman–Crippen MR) is 65.1 cm³/mol. The van der Waals surface area contributed by atoms with E-state index in [0.29, 0.717) is 6.04 Å². The van der Waals surface area contributed by atoms with Crippen LogP contribution in [-0.4, -0.2) is 6.04 Å². The molecule has 0 aliphatic heterocycles. The Morgan fingerprint density at radius 1 is 1.07 bits per heavy atom. The Balaban J connectivity index is 1.92. The van der Waals surface area contributed by atoms with E-state index in [9.17, 15) is 0 Å². The number of rotatable bonds is 2. The fourth-order valence-electron chi connectivity index (χ4n) is 2.02. The lowest BCUT2D eigenvalue weighted by atomic mass is 10.1. The molecule has 2 unspecified atom stereocenters. The van der Waals surface area contributed by atoms with E-state index < -0.39 is 0 Å². The van der Waals surface area contributed by atoms with Crippen LogP contribution >= 0.6 is 0 Å². The molecule has 2 aromatic carbocycles. The molecule has 76 valence electrons. The van der Waals surface area contributed by atoms with Gasteiger partial charge in [0.1, 0.15) is 0 Å². The van der Waals surface area contributed by atoms with Gasteiger partial charge in [-0.1, -0.05) is 37.3 Å². The summed E-state index contributed by atoms with van der Waals surface area (Å²) in [5.74, 6) is 0.844. The lowest BCUT2D eigenvalue weighted by molar-refractivity contribution is 0.929. The number of hydrogen-bond donors (Lipinski definition) is 1. The number of fused-ring (bicyclic) bond motifs is 1. The summed E-state index contributed by atoms with van der Waals surface area (Å²) in [7, 11) is 0. The minimum absolute atomic E-state index is 0.700. The van der Waals surface area contributed by atoms with Crippen molar-refractivity contribution >= 4 is 16.5 Å². The molecule has 0 spiro atoms. The normalized spacial score (nSPS) is 24.1. The number of hydrogen-bond acceptors (Lipinski definition) is 1. The molecule has 1 aliphatic carbocycles. The van der Waals surface area contributed by atoms with Gasteiger partial charge in [0.15, 0.2) is 0 Å². The van der Waals surface area contributed by atoms with E-state index >= 15 is 0 Å². The summed E-state index contributed by atoms with van der Waals surface area (Å²) in [6.45, 7) is 2.29. The van der Waals surface area contributed by atoms with Gasteiger partial charge in [0, 0.05) is 11.7 Å². The minimum Gasteiger partial charge on any atom is -0.382 e. The first-order chi connectivity index (χ1) is 7.33. The Morgan fingerprint density at radius 2 is 1.80 bits per heavy atom. The highest BCUT2D eigenvalue weighted by atomic mass is 15.0. The van der Waals surface area contributed by atoms with Crippen molar-refractivity contribution in [1.82, 2.24) is 0 Å². The van der Waals surface area contributed by atoms with Gasteiger partial charge in [-0.2, -0.15) is 0 Å². The average Bonchev–Trinajstić information content (AvgIpc) is 2.94. The maximum Gasteiger partial charge on any atom is 0.0348 e. The van der Waals surface area contributed by atoms with Crippen molar-refractivity contribution in [1.29, 1.82) is 0 Å². The summed E-state index contributed by atoms with van der Waals surface area (Å²) in [6.07, 6.45) is 1.31. The lowest BCUT2D eigenvalue weighted by Crippen LogP contribution is -2.02. The van der Waals surface area contributed by atoms with E-state index in [0.717, 1.165) is 5.92 Å². The van der Waals surface area contributed by atoms with Gasteiger partial charge in [-0.15, -0.1) is 0 Å². The lowest BCUT2D eigenvalue weighted by Gasteiger charge is -2.06. The zero-order chi connectivity index (χ0) is 10.3. The average molecular weight is 197 g/mol. The van der Waals surface area contributed by atoms with Crippen LogP contribution in [0.15, 0.2) is 42.5 Å².